The van der Waals surface area contributed by atoms with Gasteiger partial charge in [0.15, 0.2) is 40.7 Å². The summed E-state index contributed by atoms with van der Waals surface area (Å²) >= 11 is 0. The summed E-state index contributed by atoms with van der Waals surface area (Å²) in [5, 5.41) is 15.7. The molecule has 0 aliphatic heterocycles. The summed E-state index contributed by atoms with van der Waals surface area (Å²) in [5.74, 6) is -1.56. The topological polar surface area (TPSA) is 275 Å². The Kier molecular flexibility index (Phi) is 22.4. The maximum absolute atomic E-state index is 12.6. The van der Waals surface area contributed by atoms with Gasteiger partial charge in [-0.15, -0.1) is 0 Å². The molecule has 5 heterocycles. The normalized spacial score (nSPS) is 11.4. The third-order valence-corrected chi connectivity index (χ3v) is 6.19. The van der Waals surface area contributed by atoms with E-state index in [-0.39, 0.29) is 41.2 Å². The Labute approximate surface area is 353 Å². The molecule has 5 aromatic heterocycles. The lowest BCUT2D eigenvalue weighted by Gasteiger charge is -2.21. The van der Waals surface area contributed by atoms with Gasteiger partial charge in [0.25, 0.3) is 0 Å². The summed E-state index contributed by atoms with van der Waals surface area (Å²) < 4.78 is 66.6. The summed E-state index contributed by atoms with van der Waals surface area (Å²) in [6.45, 7) is 16.7. The van der Waals surface area contributed by atoms with E-state index in [1.807, 2.05) is 0 Å². The lowest BCUT2D eigenvalue weighted by molar-refractivity contribution is -0.120. The monoisotopic (exact) mass is 869 g/mol. The standard InChI is InChI=1S/C11H16FN3O2.C8H10FN3O.C8H8FN3O.C6H8FN3.C5H2FN3/c1-7(9-13-5-8(12)6-14-9)15-10(16)17-11(2,3)4;2*1-5(12-6(2)13)8-10-3-7(9)4-11-8;1-4(8)6-9-2-5(7)3-10-6;6-4-2-8-5(1-7)9-3-4/h5-7H,1-4H3,(H,15,16);3-5H,1-2H3,(H,12,13);3-4H,1H2,2H3,(H,12,13);2-4H,8H2,1H3;2-3H/t7-;5-;;4-;/m11.1./s1. The van der Waals surface area contributed by atoms with Crippen LogP contribution in [-0.4, -0.2) is 73.3 Å². The third kappa shape index (κ3) is 23.1. The van der Waals surface area contributed by atoms with Crippen molar-refractivity contribution in [3.05, 3.63) is 127 Å². The zero-order valence-electron chi connectivity index (χ0n) is 34.7. The number of nitrogens with two attached hydrogens (primary N) is 1. The number of carbonyl (C=O) groups is 3. The molecule has 330 valence electrons. The molecule has 5 aromatic rings. The first-order valence-corrected chi connectivity index (χ1v) is 17.8. The van der Waals surface area contributed by atoms with Crippen LogP contribution in [0.25, 0.3) is 5.70 Å². The van der Waals surface area contributed by atoms with Gasteiger partial charge < -0.3 is 26.4 Å². The van der Waals surface area contributed by atoms with E-state index >= 15 is 0 Å². The molecule has 0 saturated heterocycles. The van der Waals surface area contributed by atoms with Crippen molar-refractivity contribution in [1.29, 1.82) is 5.26 Å². The van der Waals surface area contributed by atoms with E-state index < -0.39 is 46.8 Å². The van der Waals surface area contributed by atoms with Gasteiger partial charge >= 0.3 is 6.09 Å². The number of aromatic nitrogens is 10. The number of alkyl carbamates (subject to hydrolysis) is 1. The molecule has 5 N–H and O–H groups in total. The Morgan fingerprint density at radius 1 is 0.629 bits per heavy atom. The Bertz CT molecular complexity index is 2190. The lowest BCUT2D eigenvalue weighted by Crippen LogP contribution is -2.34. The van der Waals surface area contributed by atoms with Crippen molar-refractivity contribution < 1.29 is 41.1 Å². The smallest absolute Gasteiger partial charge is 0.408 e. The molecule has 3 amide bonds. The molecule has 0 fully saturated rings. The quantitative estimate of drug-likeness (QED) is 0.159. The molecule has 0 aliphatic rings. The van der Waals surface area contributed by atoms with Crippen LogP contribution >= 0.6 is 0 Å². The van der Waals surface area contributed by atoms with E-state index in [0.29, 0.717) is 17.5 Å². The van der Waals surface area contributed by atoms with Crippen molar-refractivity contribution >= 4 is 23.6 Å². The maximum Gasteiger partial charge on any atom is 0.408 e. The molecule has 3 atom stereocenters. The van der Waals surface area contributed by atoms with Gasteiger partial charge in [-0.25, -0.2) is 76.6 Å². The van der Waals surface area contributed by atoms with Crippen LogP contribution in [0.5, 0.6) is 0 Å². The zero-order chi connectivity index (χ0) is 47.0. The van der Waals surface area contributed by atoms with E-state index in [4.69, 9.17) is 15.7 Å². The van der Waals surface area contributed by atoms with Crippen LogP contribution in [0, 0.1) is 40.4 Å². The molecule has 0 unspecified atom stereocenters. The first kappa shape index (κ1) is 52.5. The molecule has 62 heavy (non-hydrogen) atoms. The highest BCUT2D eigenvalue weighted by atomic mass is 19.1. The SMILES string of the molecule is C=C(NC(C)=O)c1ncc(F)cn1.CC(=O)N[C@H](C)c1ncc(F)cn1.C[C@@H](N)c1ncc(F)cn1.C[C@@H](NC(=O)OC(C)(C)C)c1ncc(F)cn1.N#Cc1ncc(F)cn1. The number of halogens is 5. The van der Waals surface area contributed by atoms with Crippen LogP contribution in [-0.2, 0) is 14.3 Å². The van der Waals surface area contributed by atoms with E-state index in [9.17, 15) is 36.3 Å². The second kappa shape index (κ2) is 26.5. The minimum atomic E-state index is -0.562. The Morgan fingerprint density at radius 3 is 1.29 bits per heavy atom. The number of rotatable bonds is 7. The van der Waals surface area contributed by atoms with E-state index in [2.05, 4.69) is 72.4 Å². The molecule has 0 aromatic carbocycles. The van der Waals surface area contributed by atoms with Crippen LogP contribution < -0.4 is 21.7 Å². The van der Waals surface area contributed by atoms with Crippen molar-refractivity contribution in [2.24, 2.45) is 5.73 Å². The second-order valence-electron chi connectivity index (χ2n) is 13.1. The fourth-order valence-corrected chi connectivity index (χ4v) is 3.67. The van der Waals surface area contributed by atoms with Gasteiger partial charge in [0, 0.05) is 13.8 Å². The number of nitrogens with one attached hydrogen (secondary N) is 3. The van der Waals surface area contributed by atoms with Crippen LogP contribution in [0.15, 0.2) is 68.5 Å². The van der Waals surface area contributed by atoms with E-state index in [1.165, 1.54) is 13.8 Å². The number of hydrogen-bond acceptors (Lipinski definition) is 16. The molecule has 0 radical (unpaired) electrons. The molecule has 0 spiro atoms. The largest absolute Gasteiger partial charge is 0.444 e. The summed E-state index contributed by atoms with van der Waals surface area (Å²) in [7, 11) is 0. The molecule has 0 bridgehead atoms. The van der Waals surface area contributed by atoms with Gasteiger partial charge in [0.05, 0.1) is 85.8 Å². The third-order valence-electron chi connectivity index (χ3n) is 6.19. The van der Waals surface area contributed by atoms with E-state index in [1.54, 1.807) is 47.6 Å². The van der Waals surface area contributed by atoms with Crippen molar-refractivity contribution in [3.63, 3.8) is 0 Å². The first-order valence-electron chi connectivity index (χ1n) is 17.8. The highest BCUT2D eigenvalue weighted by Crippen LogP contribution is 2.11. The molecule has 24 heteroatoms. The van der Waals surface area contributed by atoms with E-state index in [0.717, 1.165) is 62.0 Å². The van der Waals surface area contributed by atoms with Crippen LogP contribution in [0.1, 0.15) is 103 Å². The molecular formula is C38H44F5N15O4. The van der Waals surface area contributed by atoms with Gasteiger partial charge in [0.1, 0.15) is 23.3 Å². The highest BCUT2D eigenvalue weighted by molar-refractivity contribution is 5.82. The number of nitriles is 1. The maximum atomic E-state index is 12.6. The fourth-order valence-electron chi connectivity index (χ4n) is 3.67. The Hall–Kier alpha value is -7.55. The molecule has 0 aliphatic carbocycles. The Balaban J connectivity index is 0.000000394. The molecule has 5 rings (SSSR count). The van der Waals surface area contributed by atoms with Crippen molar-refractivity contribution in [3.8, 4) is 6.07 Å². The molecule has 0 saturated carbocycles. The number of nitrogens with zero attached hydrogens (tertiary/aromatic N) is 11. The summed E-state index contributed by atoms with van der Waals surface area (Å²) in [6, 6.07) is 0.697. The average Bonchev–Trinajstić information content (AvgIpc) is 3.19. The van der Waals surface area contributed by atoms with Gasteiger partial charge in [-0.3, -0.25) is 9.59 Å². The summed E-state index contributed by atoms with van der Waals surface area (Å²) in [5.41, 5.74) is 5.11. The Morgan fingerprint density at radius 2 is 0.968 bits per heavy atom. The zero-order valence-corrected chi connectivity index (χ0v) is 34.7. The van der Waals surface area contributed by atoms with Crippen LogP contribution in [0.4, 0.5) is 26.7 Å². The number of amides is 3. The first-order chi connectivity index (χ1) is 29.0. The second-order valence-corrected chi connectivity index (χ2v) is 13.1. The van der Waals surface area contributed by atoms with Crippen molar-refractivity contribution in [1.82, 2.24) is 65.8 Å². The number of ether oxygens (including phenoxy) is 1. The van der Waals surface area contributed by atoms with Crippen LogP contribution in [0.2, 0.25) is 0 Å². The van der Waals surface area contributed by atoms with Crippen molar-refractivity contribution in [2.45, 2.75) is 79.1 Å². The number of carbonyl (C=O) groups excluding carboxylic acids is 3. The van der Waals surface area contributed by atoms with Gasteiger partial charge in [0.2, 0.25) is 17.6 Å². The van der Waals surface area contributed by atoms with Gasteiger partial charge in [-0.1, -0.05) is 6.58 Å². The van der Waals surface area contributed by atoms with Crippen molar-refractivity contribution in [2.75, 3.05) is 0 Å². The minimum Gasteiger partial charge on any atom is -0.444 e. The highest BCUT2D eigenvalue weighted by Gasteiger charge is 2.19. The molecule has 19 nitrogen and oxygen atoms in total. The fraction of sp³-hybridized carbons (Fsp3) is 0.316. The lowest BCUT2D eigenvalue weighted by atomic mass is 10.2. The summed E-state index contributed by atoms with van der Waals surface area (Å²) in [6.07, 6.45) is 9.81. The average molecular weight is 870 g/mol. The van der Waals surface area contributed by atoms with Gasteiger partial charge in [-0.05, 0) is 41.5 Å². The predicted octanol–water partition coefficient (Wildman–Crippen LogP) is 4.86. The number of hydrogen-bond donors (Lipinski definition) is 4. The predicted molar refractivity (Wildman–Crippen MR) is 210 cm³/mol. The van der Waals surface area contributed by atoms with Gasteiger partial charge in [-0.2, -0.15) is 5.26 Å². The molecular weight excluding hydrogens is 826 g/mol. The summed E-state index contributed by atoms with van der Waals surface area (Å²) in [4.78, 5) is 69.0. The minimum absolute atomic E-state index is 0.0172. The van der Waals surface area contributed by atoms with Crippen LogP contribution in [0.3, 0.4) is 0 Å².